The Hall–Kier alpha value is -0.970. The Morgan fingerprint density at radius 3 is 3.18 bits per heavy atom. The lowest BCUT2D eigenvalue weighted by molar-refractivity contribution is -0.116. The standard InChI is InChI=1S/C6H9N3OS/c1-2-3-6(10)8-5-4-7-11-9-5/h4H,2-3H2,1H3,(H,8,9,10). The number of nitrogens with one attached hydrogen (secondary N) is 1. The van der Waals surface area contributed by atoms with Gasteiger partial charge < -0.3 is 5.32 Å². The SMILES string of the molecule is CCCC(=O)Nc1cnsn1. The third-order valence-electron chi connectivity index (χ3n) is 1.11. The van der Waals surface area contributed by atoms with Crippen molar-refractivity contribution in [2.45, 2.75) is 19.8 Å². The molecule has 0 aliphatic heterocycles. The molecule has 1 N–H and O–H groups in total. The smallest absolute Gasteiger partial charge is 0.225 e. The summed E-state index contributed by atoms with van der Waals surface area (Å²) in [5.41, 5.74) is 0. The van der Waals surface area contributed by atoms with E-state index in [0.717, 1.165) is 18.1 Å². The van der Waals surface area contributed by atoms with Crippen molar-refractivity contribution in [1.82, 2.24) is 8.75 Å². The van der Waals surface area contributed by atoms with Crippen LogP contribution in [0, 0.1) is 0 Å². The Kier molecular flexibility index (Phi) is 2.97. The molecule has 0 bridgehead atoms. The van der Waals surface area contributed by atoms with Crippen molar-refractivity contribution in [2.24, 2.45) is 0 Å². The van der Waals surface area contributed by atoms with Crippen LogP contribution in [0.15, 0.2) is 6.20 Å². The normalized spacial score (nSPS) is 9.55. The third kappa shape index (κ3) is 2.63. The number of aromatic nitrogens is 2. The number of carbonyl (C=O) groups excluding carboxylic acids is 1. The second kappa shape index (κ2) is 4.02. The number of amides is 1. The van der Waals surface area contributed by atoms with Crippen LogP contribution in [0.5, 0.6) is 0 Å². The van der Waals surface area contributed by atoms with Gasteiger partial charge in [-0.2, -0.15) is 8.75 Å². The number of rotatable bonds is 3. The molecule has 0 atom stereocenters. The summed E-state index contributed by atoms with van der Waals surface area (Å²) in [4.78, 5) is 10.9. The topological polar surface area (TPSA) is 54.9 Å². The molecule has 60 valence electrons. The lowest BCUT2D eigenvalue weighted by Gasteiger charge is -1.96. The van der Waals surface area contributed by atoms with Crippen molar-refractivity contribution in [2.75, 3.05) is 5.32 Å². The molecule has 0 radical (unpaired) electrons. The molecule has 4 nitrogen and oxygen atoms in total. The number of hydrogen-bond acceptors (Lipinski definition) is 4. The molecular weight excluding hydrogens is 162 g/mol. The van der Waals surface area contributed by atoms with Gasteiger partial charge in [-0.1, -0.05) is 6.92 Å². The van der Waals surface area contributed by atoms with Crippen LogP contribution in [-0.2, 0) is 4.79 Å². The molecule has 11 heavy (non-hydrogen) atoms. The predicted octanol–water partition coefficient (Wildman–Crippen LogP) is 1.28. The van der Waals surface area contributed by atoms with E-state index in [4.69, 9.17) is 0 Å². The fourth-order valence-electron chi connectivity index (χ4n) is 0.652. The van der Waals surface area contributed by atoms with E-state index < -0.39 is 0 Å². The van der Waals surface area contributed by atoms with Crippen LogP contribution in [0.3, 0.4) is 0 Å². The largest absolute Gasteiger partial charge is 0.309 e. The molecular formula is C6H9N3OS. The lowest BCUT2D eigenvalue weighted by Crippen LogP contribution is -2.10. The van der Waals surface area contributed by atoms with Crippen molar-refractivity contribution >= 4 is 23.5 Å². The summed E-state index contributed by atoms with van der Waals surface area (Å²) in [6.07, 6.45) is 2.93. The summed E-state index contributed by atoms with van der Waals surface area (Å²) in [6, 6.07) is 0. The van der Waals surface area contributed by atoms with E-state index in [0.29, 0.717) is 12.2 Å². The first-order valence-corrected chi connectivity index (χ1v) is 4.13. The summed E-state index contributed by atoms with van der Waals surface area (Å²) < 4.78 is 7.59. The zero-order chi connectivity index (χ0) is 8.10. The van der Waals surface area contributed by atoms with E-state index in [1.165, 1.54) is 6.20 Å². The molecule has 0 fully saturated rings. The van der Waals surface area contributed by atoms with Gasteiger partial charge in [0.2, 0.25) is 5.91 Å². The van der Waals surface area contributed by atoms with Gasteiger partial charge in [-0.25, -0.2) is 0 Å². The van der Waals surface area contributed by atoms with Crippen LogP contribution in [0.4, 0.5) is 5.82 Å². The molecule has 1 aromatic rings. The van der Waals surface area contributed by atoms with E-state index in [9.17, 15) is 4.79 Å². The van der Waals surface area contributed by atoms with Gasteiger partial charge in [0.05, 0.1) is 17.9 Å². The highest BCUT2D eigenvalue weighted by Crippen LogP contribution is 2.02. The Bertz CT molecular complexity index is 222. The van der Waals surface area contributed by atoms with Gasteiger partial charge in [0.1, 0.15) is 0 Å². The highest BCUT2D eigenvalue weighted by atomic mass is 32.1. The highest BCUT2D eigenvalue weighted by Gasteiger charge is 2.01. The first-order valence-electron chi connectivity index (χ1n) is 3.40. The number of nitrogens with zero attached hydrogens (tertiary/aromatic N) is 2. The molecule has 0 unspecified atom stereocenters. The molecule has 1 aromatic heterocycles. The minimum absolute atomic E-state index is 0.000185. The molecule has 0 saturated carbocycles. The average Bonchev–Trinajstić information content (AvgIpc) is 2.40. The molecule has 1 rings (SSSR count). The van der Waals surface area contributed by atoms with Crippen LogP contribution >= 0.6 is 11.7 Å². The van der Waals surface area contributed by atoms with E-state index in [1.807, 2.05) is 6.92 Å². The number of anilines is 1. The molecule has 0 aliphatic carbocycles. The second-order valence-corrected chi connectivity index (χ2v) is 2.65. The van der Waals surface area contributed by atoms with Crippen molar-refractivity contribution in [1.29, 1.82) is 0 Å². The molecule has 1 amide bonds. The molecule has 5 heteroatoms. The second-order valence-electron chi connectivity index (χ2n) is 2.09. The fourth-order valence-corrected chi connectivity index (χ4v) is 1.03. The highest BCUT2D eigenvalue weighted by molar-refractivity contribution is 6.99. The Morgan fingerprint density at radius 2 is 2.64 bits per heavy atom. The maximum Gasteiger partial charge on any atom is 0.225 e. The molecule has 0 saturated heterocycles. The average molecular weight is 171 g/mol. The number of carbonyl (C=O) groups is 1. The minimum atomic E-state index is 0.000185. The zero-order valence-electron chi connectivity index (χ0n) is 6.20. The van der Waals surface area contributed by atoms with Crippen molar-refractivity contribution in [3.8, 4) is 0 Å². The third-order valence-corrected chi connectivity index (χ3v) is 1.58. The predicted molar refractivity (Wildman–Crippen MR) is 43.4 cm³/mol. The summed E-state index contributed by atoms with van der Waals surface area (Å²) >= 11 is 1.08. The maximum absolute atomic E-state index is 10.9. The maximum atomic E-state index is 10.9. The van der Waals surface area contributed by atoms with Crippen molar-refractivity contribution < 1.29 is 4.79 Å². The summed E-state index contributed by atoms with van der Waals surface area (Å²) in [6.45, 7) is 1.96. The Labute approximate surface area is 69.0 Å². The summed E-state index contributed by atoms with van der Waals surface area (Å²) in [5, 5.41) is 2.62. The van der Waals surface area contributed by atoms with E-state index in [-0.39, 0.29) is 5.91 Å². The molecule has 0 aromatic carbocycles. The minimum Gasteiger partial charge on any atom is -0.309 e. The van der Waals surface area contributed by atoms with E-state index in [2.05, 4.69) is 14.1 Å². The quantitative estimate of drug-likeness (QED) is 0.745. The first kappa shape index (κ1) is 8.13. The van der Waals surface area contributed by atoms with Gasteiger partial charge in [-0.15, -0.1) is 0 Å². The number of hydrogen-bond donors (Lipinski definition) is 1. The van der Waals surface area contributed by atoms with Crippen LogP contribution in [-0.4, -0.2) is 14.7 Å². The Balaban J connectivity index is 2.37. The van der Waals surface area contributed by atoms with Crippen LogP contribution in [0.2, 0.25) is 0 Å². The van der Waals surface area contributed by atoms with Crippen LogP contribution < -0.4 is 5.32 Å². The van der Waals surface area contributed by atoms with Crippen LogP contribution in [0.25, 0.3) is 0 Å². The van der Waals surface area contributed by atoms with Gasteiger partial charge in [0.25, 0.3) is 0 Å². The van der Waals surface area contributed by atoms with Crippen molar-refractivity contribution in [3.05, 3.63) is 6.20 Å². The molecule has 0 spiro atoms. The molecule has 0 aliphatic rings. The Morgan fingerprint density at radius 1 is 1.82 bits per heavy atom. The van der Waals surface area contributed by atoms with Crippen molar-refractivity contribution in [3.63, 3.8) is 0 Å². The van der Waals surface area contributed by atoms with Gasteiger partial charge in [0.15, 0.2) is 5.82 Å². The van der Waals surface area contributed by atoms with Gasteiger partial charge in [0, 0.05) is 6.42 Å². The first-order chi connectivity index (χ1) is 5.33. The summed E-state index contributed by atoms with van der Waals surface area (Å²) in [7, 11) is 0. The fraction of sp³-hybridized carbons (Fsp3) is 0.500. The van der Waals surface area contributed by atoms with Gasteiger partial charge in [-0.05, 0) is 6.42 Å². The van der Waals surface area contributed by atoms with Gasteiger partial charge in [-0.3, -0.25) is 4.79 Å². The van der Waals surface area contributed by atoms with E-state index in [1.54, 1.807) is 0 Å². The zero-order valence-corrected chi connectivity index (χ0v) is 7.02. The monoisotopic (exact) mass is 171 g/mol. The lowest BCUT2D eigenvalue weighted by atomic mass is 10.3. The van der Waals surface area contributed by atoms with Gasteiger partial charge >= 0.3 is 0 Å². The van der Waals surface area contributed by atoms with Crippen LogP contribution in [0.1, 0.15) is 19.8 Å². The molecule has 1 heterocycles. The van der Waals surface area contributed by atoms with E-state index >= 15 is 0 Å². The summed E-state index contributed by atoms with van der Waals surface area (Å²) in [5.74, 6) is 0.550.